The summed E-state index contributed by atoms with van der Waals surface area (Å²) in [7, 11) is -1.85. The summed E-state index contributed by atoms with van der Waals surface area (Å²) in [6.07, 6.45) is 0.652. The van der Waals surface area contributed by atoms with E-state index >= 15 is 0 Å². The van der Waals surface area contributed by atoms with Crippen molar-refractivity contribution in [2.45, 2.75) is 18.2 Å². The van der Waals surface area contributed by atoms with E-state index in [1.165, 1.54) is 0 Å². The van der Waals surface area contributed by atoms with Crippen LogP contribution in [0.1, 0.15) is 12.0 Å². The van der Waals surface area contributed by atoms with Crippen LogP contribution < -0.4 is 4.72 Å². The van der Waals surface area contributed by atoms with Crippen LogP contribution in [0.2, 0.25) is 0 Å². The molecule has 17 heavy (non-hydrogen) atoms. The molecule has 0 aliphatic carbocycles. The Morgan fingerprint density at radius 2 is 2.12 bits per heavy atom. The molecule has 0 aromatic heterocycles. The Morgan fingerprint density at radius 3 is 2.71 bits per heavy atom. The molecule has 0 atom stereocenters. The predicted octanol–water partition coefficient (Wildman–Crippen LogP) is 2.07. The molecule has 0 fully saturated rings. The fourth-order valence-corrected chi connectivity index (χ4v) is 3.59. The first-order valence-corrected chi connectivity index (χ1v) is 7.50. The standard InChI is InChI=1S/C11H16BrNO3S/c1-9-4-5-11(10(12)8-9)17(14,15)13-6-3-7-16-2/h4-5,8,13H,3,6-7H2,1-2H3. The Hall–Kier alpha value is -0.430. The summed E-state index contributed by atoms with van der Waals surface area (Å²) in [5.41, 5.74) is 1.01. The third-order valence-corrected chi connectivity index (χ3v) is 4.63. The highest BCUT2D eigenvalue weighted by Crippen LogP contribution is 2.22. The monoisotopic (exact) mass is 321 g/mol. The van der Waals surface area contributed by atoms with Gasteiger partial charge in [0.1, 0.15) is 0 Å². The Kier molecular flexibility index (Phi) is 5.58. The van der Waals surface area contributed by atoms with Crippen molar-refractivity contribution in [2.75, 3.05) is 20.3 Å². The number of ether oxygens (including phenoxy) is 1. The molecule has 0 saturated heterocycles. The van der Waals surface area contributed by atoms with E-state index in [1.807, 2.05) is 6.92 Å². The van der Waals surface area contributed by atoms with Crippen LogP contribution in [0.25, 0.3) is 0 Å². The van der Waals surface area contributed by atoms with E-state index in [4.69, 9.17) is 4.74 Å². The zero-order valence-electron chi connectivity index (χ0n) is 9.86. The van der Waals surface area contributed by atoms with Gasteiger partial charge in [-0.2, -0.15) is 0 Å². The summed E-state index contributed by atoms with van der Waals surface area (Å²) in [5, 5.41) is 0. The summed E-state index contributed by atoms with van der Waals surface area (Å²) in [6.45, 7) is 2.82. The van der Waals surface area contributed by atoms with E-state index in [0.29, 0.717) is 24.0 Å². The molecule has 0 spiro atoms. The summed E-state index contributed by atoms with van der Waals surface area (Å²) in [5.74, 6) is 0. The fraction of sp³-hybridized carbons (Fsp3) is 0.455. The van der Waals surface area contributed by atoms with Crippen LogP contribution in [0.5, 0.6) is 0 Å². The highest BCUT2D eigenvalue weighted by atomic mass is 79.9. The van der Waals surface area contributed by atoms with Gasteiger partial charge in [-0.25, -0.2) is 13.1 Å². The highest BCUT2D eigenvalue weighted by molar-refractivity contribution is 9.10. The van der Waals surface area contributed by atoms with Crippen LogP contribution in [0.4, 0.5) is 0 Å². The second kappa shape index (κ2) is 6.49. The van der Waals surface area contributed by atoms with Crippen LogP contribution in [-0.4, -0.2) is 28.7 Å². The summed E-state index contributed by atoms with van der Waals surface area (Å²) >= 11 is 3.26. The Labute approximate surface area is 111 Å². The molecule has 0 amide bonds. The molecule has 1 N–H and O–H groups in total. The predicted molar refractivity (Wildman–Crippen MR) is 70.6 cm³/mol. The van der Waals surface area contributed by atoms with Crippen molar-refractivity contribution in [1.82, 2.24) is 4.72 Å². The van der Waals surface area contributed by atoms with Crippen molar-refractivity contribution >= 4 is 26.0 Å². The van der Waals surface area contributed by atoms with Gasteiger partial charge in [-0.15, -0.1) is 0 Å². The molecule has 0 bridgehead atoms. The van der Waals surface area contributed by atoms with Crippen molar-refractivity contribution in [2.24, 2.45) is 0 Å². The second-order valence-electron chi connectivity index (χ2n) is 3.68. The average molecular weight is 322 g/mol. The molecule has 0 heterocycles. The summed E-state index contributed by atoms with van der Waals surface area (Å²) < 4.78 is 31.9. The number of hydrogen-bond acceptors (Lipinski definition) is 3. The fourth-order valence-electron chi connectivity index (χ4n) is 1.32. The molecule has 0 saturated carbocycles. The maximum absolute atomic E-state index is 11.9. The first-order chi connectivity index (χ1) is 7.97. The molecular weight excluding hydrogens is 306 g/mol. The maximum Gasteiger partial charge on any atom is 0.241 e. The van der Waals surface area contributed by atoms with Crippen LogP contribution in [0.3, 0.4) is 0 Å². The zero-order valence-corrected chi connectivity index (χ0v) is 12.3. The number of nitrogens with one attached hydrogen (secondary N) is 1. The second-order valence-corrected chi connectivity index (χ2v) is 6.27. The van der Waals surface area contributed by atoms with Gasteiger partial charge < -0.3 is 4.74 Å². The van der Waals surface area contributed by atoms with Crippen molar-refractivity contribution < 1.29 is 13.2 Å². The van der Waals surface area contributed by atoms with Gasteiger partial charge in [-0.3, -0.25) is 0 Å². The molecule has 6 heteroatoms. The lowest BCUT2D eigenvalue weighted by molar-refractivity contribution is 0.196. The van der Waals surface area contributed by atoms with Gasteiger partial charge in [0.05, 0.1) is 4.90 Å². The number of halogens is 1. The largest absolute Gasteiger partial charge is 0.385 e. The van der Waals surface area contributed by atoms with Crippen molar-refractivity contribution in [1.29, 1.82) is 0 Å². The lowest BCUT2D eigenvalue weighted by atomic mass is 10.2. The van der Waals surface area contributed by atoms with Crippen molar-refractivity contribution in [3.8, 4) is 0 Å². The number of sulfonamides is 1. The van der Waals surface area contributed by atoms with Crippen LogP contribution in [0, 0.1) is 6.92 Å². The van der Waals surface area contributed by atoms with E-state index in [2.05, 4.69) is 20.7 Å². The molecule has 1 rings (SSSR count). The topological polar surface area (TPSA) is 55.4 Å². The number of rotatable bonds is 6. The summed E-state index contributed by atoms with van der Waals surface area (Å²) in [6, 6.07) is 5.15. The van der Waals surface area contributed by atoms with Gasteiger partial charge >= 0.3 is 0 Å². The molecule has 4 nitrogen and oxygen atoms in total. The Bertz CT molecular complexity index is 474. The molecule has 1 aromatic rings. The molecule has 96 valence electrons. The van der Waals surface area contributed by atoms with Crippen molar-refractivity contribution in [3.05, 3.63) is 28.2 Å². The normalized spacial score (nSPS) is 11.7. The third-order valence-electron chi connectivity index (χ3n) is 2.19. The quantitative estimate of drug-likeness (QED) is 0.816. The SMILES string of the molecule is COCCCNS(=O)(=O)c1ccc(C)cc1Br. The molecule has 0 unspecified atom stereocenters. The highest BCUT2D eigenvalue weighted by Gasteiger charge is 2.16. The molecule has 1 aromatic carbocycles. The molecule has 0 aliphatic rings. The number of methoxy groups -OCH3 is 1. The maximum atomic E-state index is 11.9. The number of benzene rings is 1. The smallest absolute Gasteiger partial charge is 0.241 e. The summed E-state index contributed by atoms with van der Waals surface area (Å²) in [4.78, 5) is 0.264. The minimum atomic E-state index is -3.44. The van der Waals surface area contributed by atoms with Crippen LogP contribution in [-0.2, 0) is 14.8 Å². The number of aryl methyl sites for hydroxylation is 1. The van der Waals surface area contributed by atoms with E-state index < -0.39 is 10.0 Å². The van der Waals surface area contributed by atoms with Crippen molar-refractivity contribution in [3.63, 3.8) is 0 Å². The van der Waals surface area contributed by atoms with Crippen LogP contribution in [0.15, 0.2) is 27.6 Å². The zero-order chi connectivity index (χ0) is 12.9. The van der Waals surface area contributed by atoms with E-state index in [9.17, 15) is 8.42 Å². The van der Waals surface area contributed by atoms with Gasteiger partial charge in [0.25, 0.3) is 0 Å². The number of hydrogen-bond donors (Lipinski definition) is 1. The lowest BCUT2D eigenvalue weighted by Gasteiger charge is -2.08. The van der Waals surface area contributed by atoms with Gasteiger partial charge in [0.2, 0.25) is 10.0 Å². The Morgan fingerprint density at radius 1 is 1.41 bits per heavy atom. The van der Waals surface area contributed by atoms with Gasteiger partial charge in [0.15, 0.2) is 0 Å². The minimum Gasteiger partial charge on any atom is -0.385 e. The lowest BCUT2D eigenvalue weighted by Crippen LogP contribution is -2.25. The molecule has 0 aliphatic heterocycles. The van der Waals surface area contributed by atoms with E-state index in [1.54, 1.807) is 25.3 Å². The van der Waals surface area contributed by atoms with E-state index in [0.717, 1.165) is 5.56 Å². The van der Waals surface area contributed by atoms with Gasteiger partial charge in [0, 0.05) is 24.7 Å². The van der Waals surface area contributed by atoms with E-state index in [-0.39, 0.29) is 4.90 Å². The molecular formula is C11H16BrNO3S. The van der Waals surface area contributed by atoms with Gasteiger partial charge in [-0.1, -0.05) is 6.07 Å². The minimum absolute atomic E-state index is 0.264. The first-order valence-electron chi connectivity index (χ1n) is 5.22. The van der Waals surface area contributed by atoms with Gasteiger partial charge in [-0.05, 0) is 47.0 Å². The first kappa shape index (κ1) is 14.6. The average Bonchev–Trinajstić information content (AvgIpc) is 2.24. The third kappa shape index (κ3) is 4.39. The molecule has 0 radical (unpaired) electrons. The van der Waals surface area contributed by atoms with Crippen LogP contribution >= 0.6 is 15.9 Å². The Balaban J connectivity index is 2.76.